The number of cyclic esters (lactones) is 1. The minimum atomic E-state index is -1.49. The summed E-state index contributed by atoms with van der Waals surface area (Å²) < 4.78 is 37.7. The normalized spacial score (nSPS) is 48.9. The molecule has 0 amide bonds. The van der Waals surface area contributed by atoms with Crippen molar-refractivity contribution in [3.63, 3.8) is 0 Å². The van der Waals surface area contributed by atoms with E-state index in [1.165, 1.54) is 7.11 Å². The van der Waals surface area contributed by atoms with Crippen molar-refractivity contribution in [2.75, 3.05) is 34.8 Å². The summed E-state index contributed by atoms with van der Waals surface area (Å²) in [7, 11) is 7.32. The molecule has 3 rings (SSSR count). The van der Waals surface area contributed by atoms with Crippen LogP contribution in [0.2, 0.25) is 0 Å². The topological polar surface area (TPSA) is 160 Å². The third-order valence-corrected chi connectivity index (χ3v) is 12.0. The Hall–Kier alpha value is -0.970. The highest BCUT2D eigenvalue weighted by Gasteiger charge is 2.52. The molecule has 0 spiro atoms. The van der Waals surface area contributed by atoms with Gasteiger partial charge in [0.25, 0.3) is 0 Å². The number of hydrogen-bond donors (Lipinski definition) is 4. The molecule has 51 heavy (non-hydrogen) atoms. The lowest BCUT2D eigenvalue weighted by atomic mass is 9.77. The zero-order valence-electron chi connectivity index (χ0n) is 33.9. The Kier molecular flexibility index (Phi) is 15.4. The van der Waals surface area contributed by atoms with E-state index in [1.54, 1.807) is 34.6 Å². The number of hydrogen-bond acceptors (Lipinski definition) is 13. The molecule has 300 valence electrons. The van der Waals surface area contributed by atoms with E-state index < -0.39 is 83.8 Å². The SMILES string of the molecule is CC[C@@H]1OC(=O)[C@H](C)[C@@H](O[C@H]2C[C@@](C)(OC)[C@@H](O)[C@H](C)O2)[C@H](C)[C@@H](O[C@@H]2O[C@H](C)C[C@H](N(C)C)[C@H]2O)[C@@](C)(O)C[C@H](C)CN(C)[C@H](C)C[C@]1(C)O. The van der Waals surface area contributed by atoms with Crippen molar-refractivity contribution in [2.24, 2.45) is 17.8 Å². The highest BCUT2D eigenvalue weighted by atomic mass is 16.7. The molecule has 3 aliphatic heterocycles. The number of esters is 1. The molecule has 0 aromatic rings. The lowest BCUT2D eigenvalue weighted by Gasteiger charge is -2.48. The molecule has 3 fully saturated rings. The van der Waals surface area contributed by atoms with Crippen LogP contribution in [0.15, 0.2) is 0 Å². The number of likely N-dealkylation sites (N-methyl/N-ethyl adjacent to an activating group) is 1. The Morgan fingerprint density at radius 2 is 1.57 bits per heavy atom. The Balaban J connectivity index is 2.15. The van der Waals surface area contributed by atoms with Gasteiger partial charge in [-0.05, 0) is 101 Å². The molecule has 0 radical (unpaired) electrons. The third-order valence-electron chi connectivity index (χ3n) is 12.0. The van der Waals surface area contributed by atoms with Gasteiger partial charge in [-0.15, -0.1) is 0 Å². The van der Waals surface area contributed by atoms with Gasteiger partial charge in [-0.2, -0.15) is 0 Å². The van der Waals surface area contributed by atoms with Gasteiger partial charge in [-0.1, -0.05) is 20.8 Å². The Bertz CT molecular complexity index is 1110. The van der Waals surface area contributed by atoms with E-state index in [1.807, 2.05) is 53.7 Å². The maximum atomic E-state index is 14.2. The molecule has 0 saturated carbocycles. The zero-order chi connectivity index (χ0) is 38.8. The quantitative estimate of drug-likeness (QED) is 0.284. The smallest absolute Gasteiger partial charge is 0.311 e. The maximum Gasteiger partial charge on any atom is 0.311 e. The second-order valence-corrected chi connectivity index (χ2v) is 17.2. The average Bonchev–Trinajstić information content (AvgIpc) is 3.02. The van der Waals surface area contributed by atoms with Crippen molar-refractivity contribution in [1.29, 1.82) is 0 Å². The van der Waals surface area contributed by atoms with E-state index in [0.29, 0.717) is 32.2 Å². The number of carbonyl (C=O) groups excluding carboxylic acids is 1. The minimum absolute atomic E-state index is 0.0189. The molecule has 17 atom stereocenters. The third kappa shape index (κ3) is 10.6. The standard InChI is InChI=1S/C38H72N2O11/c1-15-28-36(8,44)18-22(3)40(13)20-21(2)17-37(9,45)33(51-35-30(41)27(39(11)12)16-23(4)47-35)24(5)31(25(6)34(43)49-28)50-29-19-38(10,46-14)32(42)26(7)48-29/h21-33,35,41-42,44-45H,15-20H2,1-14H3/t21-,22+,23+,24-,25+,26-,27-,28-,29-,30+,31-,32-,33+,35-,36-,37-,38+/m0/s1. The molecule has 0 bridgehead atoms. The van der Waals surface area contributed by atoms with E-state index in [2.05, 4.69) is 11.8 Å². The summed E-state index contributed by atoms with van der Waals surface area (Å²) in [6.45, 7) is 19.1. The molecule has 13 nitrogen and oxygen atoms in total. The number of ether oxygens (including phenoxy) is 6. The molecule has 0 aromatic heterocycles. The summed E-state index contributed by atoms with van der Waals surface area (Å²) in [6.07, 6.45) is -5.64. The highest BCUT2D eigenvalue weighted by molar-refractivity contribution is 5.73. The van der Waals surface area contributed by atoms with Crippen molar-refractivity contribution in [3.05, 3.63) is 0 Å². The first-order valence-corrected chi connectivity index (χ1v) is 19.0. The van der Waals surface area contributed by atoms with Gasteiger partial charge in [0.2, 0.25) is 0 Å². The first-order chi connectivity index (χ1) is 23.5. The Morgan fingerprint density at radius 3 is 2.14 bits per heavy atom. The summed E-state index contributed by atoms with van der Waals surface area (Å²) in [5, 5.41) is 46.6. The van der Waals surface area contributed by atoms with Crippen LogP contribution in [-0.2, 0) is 33.2 Å². The van der Waals surface area contributed by atoms with Gasteiger partial charge < -0.3 is 58.6 Å². The summed E-state index contributed by atoms with van der Waals surface area (Å²) in [5.41, 5.74) is -3.79. The van der Waals surface area contributed by atoms with Crippen molar-refractivity contribution < 1.29 is 53.6 Å². The van der Waals surface area contributed by atoms with Crippen molar-refractivity contribution >= 4 is 5.97 Å². The number of nitrogens with zero attached hydrogens (tertiary/aromatic N) is 2. The average molecular weight is 733 g/mol. The zero-order valence-corrected chi connectivity index (χ0v) is 33.9. The molecule has 0 aromatic carbocycles. The van der Waals surface area contributed by atoms with Crippen LogP contribution in [0.3, 0.4) is 0 Å². The van der Waals surface area contributed by atoms with Crippen LogP contribution in [-0.4, -0.2) is 155 Å². The summed E-state index contributed by atoms with van der Waals surface area (Å²) in [6, 6.07) is -0.304. The fourth-order valence-electron chi connectivity index (χ4n) is 8.75. The van der Waals surface area contributed by atoms with Gasteiger partial charge in [-0.25, -0.2) is 0 Å². The number of aliphatic hydroxyl groups excluding tert-OH is 2. The predicted molar refractivity (Wildman–Crippen MR) is 193 cm³/mol. The number of methoxy groups -OCH3 is 1. The van der Waals surface area contributed by atoms with E-state index in [9.17, 15) is 25.2 Å². The van der Waals surface area contributed by atoms with Crippen LogP contribution in [0, 0.1) is 17.8 Å². The lowest BCUT2D eigenvalue weighted by Crippen LogP contribution is -2.60. The Morgan fingerprint density at radius 1 is 0.941 bits per heavy atom. The number of carbonyl (C=O) groups is 1. The predicted octanol–water partition coefficient (Wildman–Crippen LogP) is 2.93. The molecule has 4 N–H and O–H groups in total. The molecule has 0 unspecified atom stereocenters. The molecule has 0 aliphatic carbocycles. The second-order valence-electron chi connectivity index (χ2n) is 17.2. The summed E-state index contributed by atoms with van der Waals surface area (Å²) in [5.74, 6) is -2.20. The summed E-state index contributed by atoms with van der Waals surface area (Å²) >= 11 is 0. The molecule has 3 heterocycles. The molecular formula is C38H72N2O11. The molecule has 3 saturated heterocycles. The van der Waals surface area contributed by atoms with Crippen molar-refractivity contribution in [2.45, 2.75) is 186 Å². The molecular weight excluding hydrogens is 660 g/mol. The van der Waals surface area contributed by atoms with Gasteiger partial charge in [0.1, 0.15) is 23.9 Å². The van der Waals surface area contributed by atoms with Crippen LogP contribution in [0.5, 0.6) is 0 Å². The van der Waals surface area contributed by atoms with E-state index in [0.717, 1.165) is 0 Å². The van der Waals surface area contributed by atoms with Gasteiger partial charge in [0.15, 0.2) is 12.6 Å². The van der Waals surface area contributed by atoms with Gasteiger partial charge >= 0.3 is 5.97 Å². The number of rotatable bonds is 7. The lowest BCUT2D eigenvalue weighted by molar-refractivity contribution is -0.318. The largest absolute Gasteiger partial charge is 0.459 e. The van der Waals surface area contributed by atoms with Crippen molar-refractivity contribution in [3.8, 4) is 0 Å². The fourth-order valence-corrected chi connectivity index (χ4v) is 8.75. The van der Waals surface area contributed by atoms with E-state index >= 15 is 0 Å². The van der Waals surface area contributed by atoms with Crippen LogP contribution >= 0.6 is 0 Å². The molecule has 13 heteroatoms. The number of aliphatic hydroxyl groups is 4. The van der Waals surface area contributed by atoms with E-state index in [4.69, 9.17) is 28.4 Å². The van der Waals surface area contributed by atoms with Gasteiger partial charge in [-0.3, -0.25) is 4.79 Å². The fraction of sp³-hybridized carbons (Fsp3) is 0.974. The molecule has 3 aliphatic rings. The highest BCUT2D eigenvalue weighted by Crippen LogP contribution is 2.40. The Labute approximate surface area is 307 Å². The van der Waals surface area contributed by atoms with Gasteiger partial charge in [0.05, 0.1) is 41.5 Å². The van der Waals surface area contributed by atoms with E-state index in [-0.39, 0.29) is 30.5 Å². The van der Waals surface area contributed by atoms with Crippen LogP contribution in [0.4, 0.5) is 0 Å². The van der Waals surface area contributed by atoms with Crippen LogP contribution in [0.1, 0.15) is 101 Å². The van der Waals surface area contributed by atoms with Crippen molar-refractivity contribution in [1.82, 2.24) is 9.80 Å². The first kappa shape index (κ1) is 44.4. The monoisotopic (exact) mass is 733 g/mol. The minimum Gasteiger partial charge on any atom is -0.459 e. The second kappa shape index (κ2) is 17.7. The van der Waals surface area contributed by atoms with Crippen LogP contribution in [0.25, 0.3) is 0 Å². The van der Waals surface area contributed by atoms with Crippen LogP contribution < -0.4 is 0 Å². The van der Waals surface area contributed by atoms with Gasteiger partial charge in [0, 0.05) is 38.1 Å². The maximum absolute atomic E-state index is 14.2. The summed E-state index contributed by atoms with van der Waals surface area (Å²) in [4.78, 5) is 18.3. The first-order valence-electron chi connectivity index (χ1n) is 19.0.